The van der Waals surface area contributed by atoms with Crippen LogP contribution in [-0.2, 0) is 24.7 Å². The first-order valence-electron chi connectivity index (χ1n) is 8.73. The quantitative estimate of drug-likeness (QED) is 0.813. The van der Waals surface area contributed by atoms with Crippen molar-refractivity contribution in [3.05, 3.63) is 47.0 Å². The van der Waals surface area contributed by atoms with E-state index in [-0.39, 0.29) is 24.3 Å². The molecular weight excluding hydrogens is 350 g/mol. The number of nitrogens with zero attached hydrogens (tertiary/aromatic N) is 1. The van der Waals surface area contributed by atoms with Crippen LogP contribution in [0.2, 0.25) is 0 Å². The molecule has 0 radical (unpaired) electrons. The number of hydrogen-bond acceptors (Lipinski definition) is 6. The third kappa shape index (κ3) is 4.19. The van der Waals surface area contributed by atoms with Gasteiger partial charge in [-0.25, -0.2) is 14.5 Å². The van der Waals surface area contributed by atoms with Crippen molar-refractivity contribution in [2.45, 2.75) is 45.8 Å². The molecule has 2 rings (SSSR count). The summed E-state index contributed by atoms with van der Waals surface area (Å²) in [6, 6.07) is 6.53. The van der Waals surface area contributed by atoms with E-state index in [2.05, 4.69) is 0 Å². The molecule has 0 aromatic heterocycles. The molecule has 1 aromatic carbocycles. The fraction of sp³-hybridized carbons (Fsp3) is 0.450. The fourth-order valence-corrected chi connectivity index (χ4v) is 2.69. The number of rotatable bonds is 4. The van der Waals surface area contributed by atoms with E-state index in [1.165, 1.54) is 6.08 Å². The van der Waals surface area contributed by atoms with Gasteiger partial charge in [-0.2, -0.15) is 0 Å². The second-order valence-electron chi connectivity index (χ2n) is 7.31. The van der Waals surface area contributed by atoms with Gasteiger partial charge in [-0.3, -0.25) is 4.79 Å². The molecule has 0 fully saturated rings. The number of imide groups is 1. The van der Waals surface area contributed by atoms with Crippen molar-refractivity contribution in [1.29, 1.82) is 0 Å². The lowest BCUT2D eigenvalue weighted by Gasteiger charge is -2.28. The second-order valence-corrected chi connectivity index (χ2v) is 7.31. The number of esters is 1. The molecule has 0 saturated carbocycles. The number of amides is 2. The fourth-order valence-electron chi connectivity index (χ4n) is 2.69. The van der Waals surface area contributed by atoms with E-state index < -0.39 is 29.2 Å². The van der Waals surface area contributed by atoms with E-state index in [0.29, 0.717) is 0 Å². The number of ether oxygens (including phenoxy) is 2. The molecule has 1 aliphatic heterocycles. The summed E-state index contributed by atoms with van der Waals surface area (Å²) in [7, 11) is 0. The minimum absolute atomic E-state index is 0.0320. The van der Waals surface area contributed by atoms with E-state index in [4.69, 9.17) is 9.47 Å². The molecule has 1 atom stereocenters. The SMILES string of the molecule is CCOC(=O)[C@](O)(C1=CCN(C(=O)OC(C)(C)C)C1=O)c1ccc(C)cc1. The molecule has 0 aliphatic carbocycles. The Morgan fingerprint density at radius 3 is 2.30 bits per heavy atom. The molecule has 0 spiro atoms. The third-order valence-electron chi connectivity index (χ3n) is 4.00. The second kappa shape index (κ2) is 7.52. The highest BCUT2D eigenvalue weighted by Crippen LogP contribution is 2.35. The van der Waals surface area contributed by atoms with Gasteiger partial charge in [-0.15, -0.1) is 0 Å². The maximum Gasteiger partial charge on any atom is 0.417 e. The van der Waals surface area contributed by atoms with Gasteiger partial charge in [-0.1, -0.05) is 35.9 Å². The molecule has 1 heterocycles. The van der Waals surface area contributed by atoms with Gasteiger partial charge in [0.15, 0.2) is 0 Å². The van der Waals surface area contributed by atoms with Crippen LogP contribution in [0.1, 0.15) is 38.8 Å². The highest BCUT2D eigenvalue weighted by Gasteiger charge is 2.50. The van der Waals surface area contributed by atoms with Gasteiger partial charge < -0.3 is 14.6 Å². The Labute approximate surface area is 158 Å². The summed E-state index contributed by atoms with van der Waals surface area (Å²) in [6.45, 7) is 8.44. The minimum Gasteiger partial charge on any atom is -0.463 e. The molecule has 1 aliphatic rings. The van der Waals surface area contributed by atoms with Crippen LogP contribution in [0.5, 0.6) is 0 Å². The lowest BCUT2D eigenvalue weighted by molar-refractivity contribution is -0.163. The van der Waals surface area contributed by atoms with Crippen molar-refractivity contribution in [3.63, 3.8) is 0 Å². The van der Waals surface area contributed by atoms with Crippen LogP contribution in [0.3, 0.4) is 0 Å². The van der Waals surface area contributed by atoms with Crippen LogP contribution in [0.25, 0.3) is 0 Å². The molecule has 1 N–H and O–H groups in total. The van der Waals surface area contributed by atoms with Crippen molar-refractivity contribution in [2.75, 3.05) is 13.2 Å². The van der Waals surface area contributed by atoms with Gasteiger partial charge in [0.1, 0.15) is 5.60 Å². The predicted molar refractivity (Wildman–Crippen MR) is 97.7 cm³/mol. The Morgan fingerprint density at radius 2 is 1.78 bits per heavy atom. The first-order chi connectivity index (χ1) is 12.5. The Morgan fingerprint density at radius 1 is 1.19 bits per heavy atom. The van der Waals surface area contributed by atoms with E-state index in [0.717, 1.165) is 10.5 Å². The molecule has 1 aromatic rings. The molecule has 7 heteroatoms. The summed E-state index contributed by atoms with van der Waals surface area (Å²) in [5, 5.41) is 11.2. The number of carbonyl (C=O) groups excluding carboxylic acids is 3. The minimum atomic E-state index is -2.31. The third-order valence-corrected chi connectivity index (χ3v) is 4.00. The summed E-state index contributed by atoms with van der Waals surface area (Å²) in [4.78, 5) is 38.5. The van der Waals surface area contributed by atoms with Crippen molar-refractivity contribution in [3.8, 4) is 0 Å². The number of aliphatic hydroxyl groups is 1. The number of aryl methyl sites for hydroxylation is 1. The van der Waals surface area contributed by atoms with Gasteiger partial charge >= 0.3 is 12.1 Å². The van der Waals surface area contributed by atoms with E-state index in [1.54, 1.807) is 52.0 Å². The van der Waals surface area contributed by atoms with Gasteiger partial charge in [0.25, 0.3) is 5.91 Å². The summed E-state index contributed by atoms with van der Waals surface area (Å²) in [5.74, 6) is -1.76. The van der Waals surface area contributed by atoms with Crippen LogP contribution in [-0.4, -0.2) is 46.7 Å². The highest BCUT2D eigenvalue weighted by molar-refractivity contribution is 6.10. The number of carbonyl (C=O) groups is 3. The van der Waals surface area contributed by atoms with Crippen molar-refractivity contribution in [1.82, 2.24) is 4.90 Å². The maximum atomic E-state index is 12.8. The highest BCUT2D eigenvalue weighted by atomic mass is 16.6. The lowest BCUT2D eigenvalue weighted by Crippen LogP contribution is -2.45. The van der Waals surface area contributed by atoms with Crippen LogP contribution in [0.15, 0.2) is 35.9 Å². The van der Waals surface area contributed by atoms with Gasteiger partial charge in [-0.05, 0) is 40.2 Å². The molecular formula is C20H25NO6. The summed E-state index contributed by atoms with van der Waals surface area (Å²) in [5.41, 5.74) is -2.20. The monoisotopic (exact) mass is 375 g/mol. The number of benzene rings is 1. The van der Waals surface area contributed by atoms with Crippen molar-refractivity contribution >= 4 is 18.0 Å². The molecule has 0 saturated heterocycles. The van der Waals surface area contributed by atoms with E-state index in [9.17, 15) is 19.5 Å². The first-order valence-corrected chi connectivity index (χ1v) is 8.73. The molecule has 0 bridgehead atoms. The summed E-state index contributed by atoms with van der Waals surface area (Å²) >= 11 is 0. The summed E-state index contributed by atoms with van der Waals surface area (Å²) in [6.07, 6.45) is 0.511. The Balaban J connectivity index is 2.40. The molecule has 146 valence electrons. The first kappa shape index (κ1) is 20.6. The summed E-state index contributed by atoms with van der Waals surface area (Å²) < 4.78 is 10.2. The van der Waals surface area contributed by atoms with Crippen LogP contribution >= 0.6 is 0 Å². The topological polar surface area (TPSA) is 93.1 Å². The van der Waals surface area contributed by atoms with Crippen LogP contribution in [0, 0.1) is 6.92 Å². The maximum absolute atomic E-state index is 12.8. The normalized spacial score (nSPS) is 16.6. The average molecular weight is 375 g/mol. The van der Waals surface area contributed by atoms with Gasteiger partial charge in [0.05, 0.1) is 18.7 Å². The largest absolute Gasteiger partial charge is 0.463 e. The zero-order chi connectivity index (χ0) is 20.4. The van der Waals surface area contributed by atoms with Crippen LogP contribution < -0.4 is 0 Å². The Bertz CT molecular complexity index is 775. The van der Waals surface area contributed by atoms with E-state index in [1.807, 2.05) is 6.92 Å². The molecule has 2 amide bonds. The van der Waals surface area contributed by atoms with Crippen molar-refractivity contribution < 1.29 is 29.0 Å². The lowest BCUT2D eigenvalue weighted by atomic mass is 9.85. The standard InChI is InChI=1S/C20H25NO6/c1-6-26-17(23)20(25,14-9-7-13(2)8-10-14)15-11-12-21(16(15)22)18(24)27-19(3,4)5/h7-11,25H,6,12H2,1-5H3/t20-/m1/s1. The van der Waals surface area contributed by atoms with Crippen LogP contribution in [0.4, 0.5) is 4.79 Å². The predicted octanol–water partition coefficient (Wildman–Crippen LogP) is 2.45. The number of hydrogen-bond donors (Lipinski definition) is 1. The molecule has 0 unspecified atom stereocenters. The zero-order valence-electron chi connectivity index (χ0n) is 16.2. The van der Waals surface area contributed by atoms with Crippen molar-refractivity contribution in [2.24, 2.45) is 0 Å². The Kier molecular flexibility index (Phi) is 5.75. The average Bonchev–Trinajstić information content (AvgIpc) is 2.95. The smallest absolute Gasteiger partial charge is 0.417 e. The Hall–Kier alpha value is -2.67. The van der Waals surface area contributed by atoms with E-state index >= 15 is 0 Å². The van der Waals surface area contributed by atoms with Gasteiger partial charge in [0, 0.05) is 0 Å². The molecule has 27 heavy (non-hydrogen) atoms. The zero-order valence-corrected chi connectivity index (χ0v) is 16.2. The molecule has 7 nitrogen and oxygen atoms in total. The van der Waals surface area contributed by atoms with Gasteiger partial charge in [0.2, 0.25) is 5.60 Å².